The van der Waals surface area contributed by atoms with Gasteiger partial charge >= 0.3 is 0 Å². The van der Waals surface area contributed by atoms with Crippen LogP contribution < -0.4 is 16.6 Å². The van der Waals surface area contributed by atoms with Gasteiger partial charge < -0.3 is 5.73 Å². The van der Waals surface area contributed by atoms with E-state index in [2.05, 4.69) is 9.97 Å². The molecule has 1 aromatic heterocycles. The molecule has 1 aromatic rings. The fraction of sp³-hybridized carbons (Fsp3) is 0.200. The van der Waals surface area contributed by atoms with Crippen molar-refractivity contribution in [2.24, 2.45) is 5.84 Å². The molecule has 0 aliphatic heterocycles. The van der Waals surface area contributed by atoms with Crippen LogP contribution in [0.25, 0.3) is 0 Å². The highest BCUT2D eigenvalue weighted by Crippen LogP contribution is 2.22. The first-order valence-electron chi connectivity index (χ1n) is 2.87. The summed E-state index contributed by atoms with van der Waals surface area (Å²) in [6, 6.07) is 0. The molecule has 0 saturated heterocycles. The number of nitrogen functional groups attached to an aromatic ring is 1. The number of rotatable bonds is 1. The molecule has 0 amide bonds. The summed E-state index contributed by atoms with van der Waals surface area (Å²) < 4.78 is 0. The van der Waals surface area contributed by atoms with Crippen LogP contribution in [0, 0.1) is 0 Å². The minimum atomic E-state index is 0.215. The Morgan fingerprint density at radius 2 is 2.18 bits per heavy atom. The van der Waals surface area contributed by atoms with Crippen LogP contribution in [-0.2, 0) is 0 Å². The van der Waals surface area contributed by atoms with Crippen molar-refractivity contribution in [2.45, 2.75) is 0 Å². The van der Waals surface area contributed by atoms with E-state index in [1.54, 1.807) is 7.05 Å². The van der Waals surface area contributed by atoms with Crippen LogP contribution in [0.5, 0.6) is 0 Å². The second-order valence-corrected chi connectivity index (χ2v) is 2.37. The summed E-state index contributed by atoms with van der Waals surface area (Å²) >= 11 is 5.60. The molecule has 6 heteroatoms. The quantitative estimate of drug-likeness (QED) is 0.356. The smallest absolute Gasteiger partial charge is 0.170 e. The van der Waals surface area contributed by atoms with E-state index < -0.39 is 0 Å². The lowest BCUT2D eigenvalue weighted by atomic mass is 10.5. The molecule has 0 atom stereocenters. The first kappa shape index (κ1) is 8.03. The molecular formula is C5H8ClN5. The zero-order chi connectivity index (χ0) is 8.43. The van der Waals surface area contributed by atoms with Crippen LogP contribution in [-0.4, -0.2) is 17.0 Å². The number of hydrogen-bond donors (Lipinski definition) is 2. The molecule has 0 fully saturated rings. The molecule has 0 radical (unpaired) electrons. The highest BCUT2D eigenvalue weighted by Gasteiger charge is 2.06. The van der Waals surface area contributed by atoms with Gasteiger partial charge in [0.05, 0.1) is 0 Å². The molecule has 0 spiro atoms. The molecule has 1 heterocycles. The van der Waals surface area contributed by atoms with Crippen molar-refractivity contribution in [1.82, 2.24) is 9.97 Å². The summed E-state index contributed by atoms with van der Waals surface area (Å²) in [5.74, 6) is 5.81. The number of hydrazine groups is 1. The Labute approximate surface area is 68.9 Å². The van der Waals surface area contributed by atoms with Crippen LogP contribution in [0.4, 0.5) is 11.5 Å². The number of halogens is 1. The minimum absolute atomic E-state index is 0.215. The van der Waals surface area contributed by atoms with Crippen molar-refractivity contribution in [3.05, 3.63) is 11.5 Å². The zero-order valence-corrected chi connectivity index (χ0v) is 6.71. The first-order chi connectivity index (χ1) is 5.13. The Kier molecular flexibility index (Phi) is 2.11. The van der Waals surface area contributed by atoms with E-state index in [9.17, 15) is 0 Å². The fourth-order valence-electron chi connectivity index (χ4n) is 0.647. The Hall–Kier alpha value is -1.07. The topological polar surface area (TPSA) is 81.1 Å². The Morgan fingerprint density at radius 3 is 2.64 bits per heavy atom. The van der Waals surface area contributed by atoms with Crippen molar-refractivity contribution < 1.29 is 0 Å². The second-order valence-electron chi connectivity index (χ2n) is 2.01. The summed E-state index contributed by atoms with van der Waals surface area (Å²) in [6.45, 7) is 0. The predicted molar refractivity (Wildman–Crippen MR) is 44.0 cm³/mol. The van der Waals surface area contributed by atoms with Gasteiger partial charge in [-0.2, -0.15) is 0 Å². The molecule has 0 aliphatic carbocycles. The molecule has 0 aromatic carbocycles. The Morgan fingerprint density at radius 1 is 1.55 bits per heavy atom. The third-order valence-electron chi connectivity index (χ3n) is 1.15. The van der Waals surface area contributed by atoms with Gasteiger partial charge in [0.25, 0.3) is 0 Å². The molecule has 0 saturated carbocycles. The van der Waals surface area contributed by atoms with Crippen molar-refractivity contribution in [3.63, 3.8) is 0 Å². The van der Waals surface area contributed by atoms with Crippen molar-refractivity contribution in [3.8, 4) is 0 Å². The van der Waals surface area contributed by atoms with E-state index in [4.69, 9.17) is 23.2 Å². The number of hydrogen-bond acceptors (Lipinski definition) is 5. The molecule has 0 aliphatic rings. The van der Waals surface area contributed by atoms with Crippen LogP contribution in [0.1, 0.15) is 0 Å². The van der Waals surface area contributed by atoms with Crippen molar-refractivity contribution >= 4 is 23.1 Å². The summed E-state index contributed by atoms with van der Waals surface area (Å²) in [5.41, 5.74) is 5.80. The van der Waals surface area contributed by atoms with Gasteiger partial charge in [0.1, 0.15) is 12.0 Å². The monoisotopic (exact) mass is 173 g/mol. The highest BCUT2D eigenvalue weighted by atomic mass is 35.5. The van der Waals surface area contributed by atoms with E-state index in [1.807, 2.05) is 0 Å². The molecule has 0 unspecified atom stereocenters. The Balaban J connectivity index is 3.17. The van der Waals surface area contributed by atoms with Gasteiger partial charge in [0.2, 0.25) is 0 Å². The number of aromatic nitrogens is 2. The first-order valence-corrected chi connectivity index (χ1v) is 3.25. The van der Waals surface area contributed by atoms with Crippen molar-refractivity contribution in [2.75, 3.05) is 17.8 Å². The number of nitrogens with zero attached hydrogens (tertiary/aromatic N) is 3. The third kappa shape index (κ3) is 1.50. The second kappa shape index (κ2) is 2.89. The van der Waals surface area contributed by atoms with Crippen LogP contribution in [0.3, 0.4) is 0 Å². The van der Waals surface area contributed by atoms with Crippen LogP contribution >= 0.6 is 11.6 Å². The number of anilines is 2. The normalized spacial score (nSPS) is 9.73. The van der Waals surface area contributed by atoms with E-state index in [1.165, 1.54) is 11.3 Å². The van der Waals surface area contributed by atoms with E-state index in [-0.39, 0.29) is 5.15 Å². The average molecular weight is 174 g/mol. The van der Waals surface area contributed by atoms with E-state index in [0.717, 1.165) is 0 Å². The van der Waals surface area contributed by atoms with E-state index >= 15 is 0 Å². The lowest BCUT2D eigenvalue weighted by Crippen LogP contribution is -2.27. The average Bonchev–Trinajstić information content (AvgIpc) is 1.94. The van der Waals surface area contributed by atoms with Crippen molar-refractivity contribution in [1.29, 1.82) is 0 Å². The largest absolute Gasteiger partial charge is 0.393 e. The van der Waals surface area contributed by atoms with Gasteiger partial charge in [-0.3, -0.25) is 5.01 Å². The fourth-order valence-corrected chi connectivity index (χ4v) is 0.775. The molecule has 4 N–H and O–H groups in total. The van der Waals surface area contributed by atoms with E-state index in [0.29, 0.717) is 11.5 Å². The summed E-state index contributed by atoms with van der Waals surface area (Å²) in [6.07, 6.45) is 1.30. The molecule has 1 rings (SSSR count). The van der Waals surface area contributed by atoms with Gasteiger partial charge in [0.15, 0.2) is 11.0 Å². The molecule has 60 valence electrons. The highest BCUT2D eigenvalue weighted by molar-refractivity contribution is 6.32. The number of nitrogens with two attached hydrogens (primary N) is 2. The Bertz CT molecular complexity index is 261. The molecule has 5 nitrogen and oxygen atoms in total. The maximum atomic E-state index is 5.60. The minimum Gasteiger partial charge on any atom is -0.393 e. The summed E-state index contributed by atoms with van der Waals surface area (Å²) in [7, 11) is 1.62. The standard InChI is InChI=1S/C5H8ClN5/c1-11(8)5-3(7)4(6)9-2-10-5/h2H,7-8H2,1H3. The maximum absolute atomic E-state index is 5.60. The van der Waals surface area contributed by atoms with Gasteiger partial charge in [-0.15, -0.1) is 0 Å². The lowest BCUT2D eigenvalue weighted by Gasteiger charge is -2.12. The van der Waals surface area contributed by atoms with Gasteiger partial charge in [-0.25, -0.2) is 15.8 Å². The summed E-state index contributed by atoms with van der Waals surface area (Å²) in [5, 5.41) is 1.50. The van der Waals surface area contributed by atoms with Gasteiger partial charge in [-0.1, -0.05) is 11.6 Å². The van der Waals surface area contributed by atoms with Crippen LogP contribution in [0.2, 0.25) is 5.15 Å². The predicted octanol–water partition coefficient (Wildman–Crippen LogP) is 0.0221. The summed E-state index contributed by atoms with van der Waals surface area (Å²) in [4.78, 5) is 7.49. The maximum Gasteiger partial charge on any atom is 0.170 e. The molecule has 0 bridgehead atoms. The SMILES string of the molecule is CN(N)c1ncnc(Cl)c1N. The molecule has 11 heavy (non-hydrogen) atoms. The molecular weight excluding hydrogens is 166 g/mol. The van der Waals surface area contributed by atoms with Gasteiger partial charge in [-0.05, 0) is 0 Å². The van der Waals surface area contributed by atoms with Gasteiger partial charge in [0, 0.05) is 7.05 Å². The lowest BCUT2D eigenvalue weighted by molar-refractivity contribution is 0.966. The third-order valence-corrected chi connectivity index (χ3v) is 1.45. The zero-order valence-electron chi connectivity index (χ0n) is 5.95. The van der Waals surface area contributed by atoms with Crippen LogP contribution in [0.15, 0.2) is 6.33 Å².